The van der Waals surface area contributed by atoms with Crippen LogP contribution in [0, 0.1) is 17.3 Å². The molecule has 20 heavy (non-hydrogen) atoms. The average Bonchev–Trinajstić information content (AvgIpc) is 2.62. The lowest BCUT2D eigenvalue weighted by Gasteiger charge is -2.31. The molecule has 0 amide bonds. The van der Waals surface area contributed by atoms with E-state index < -0.39 is 0 Å². The third-order valence-electron chi connectivity index (χ3n) is 5.28. The fourth-order valence-electron chi connectivity index (χ4n) is 3.63. The van der Waals surface area contributed by atoms with Gasteiger partial charge >= 0.3 is 0 Å². The maximum absolute atomic E-state index is 5.78. The summed E-state index contributed by atoms with van der Waals surface area (Å²) in [6, 6.07) is 0. The maximum Gasteiger partial charge on any atom is -0.00161 e. The molecule has 0 aromatic carbocycles. The van der Waals surface area contributed by atoms with Crippen molar-refractivity contribution in [1.29, 1.82) is 0 Å². The molecule has 2 atom stereocenters. The quantitative estimate of drug-likeness (QED) is 0.755. The molecule has 0 spiro atoms. The van der Waals surface area contributed by atoms with Gasteiger partial charge in [0.05, 0.1) is 0 Å². The summed E-state index contributed by atoms with van der Waals surface area (Å²) in [6.45, 7) is 14.2. The van der Waals surface area contributed by atoms with Crippen molar-refractivity contribution in [3.05, 3.63) is 0 Å². The Hall–Kier alpha value is -0.0800. The molecule has 0 aromatic heterocycles. The van der Waals surface area contributed by atoms with E-state index in [9.17, 15) is 0 Å². The summed E-state index contributed by atoms with van der Waals surface area (Å²) < 4.78 is 0. The molecule has 0 saturated carbocycles. The lowest BCUT2D eigenvalue weighted by atomic mass is 9.76. The van der Waals surface area contributed by atoms with E-state index in [1.54, 1.807) is 0 Å². The van der Waals surface area contributed by atoms with E-state index in [1.807, 2.05) is 0 Å². The first-order valence-corrected chi connectivity index (χ1v) is 8.89. The predicted octanol–water partition coefficient (Wildman–Crippen LogP) is 4.29. The highest BCUT2D eigenvalue weighted by atomic mass is 15.1. The van der Waals surface area contributed by atoms with Gasteiger partial charge in [0.25, 0.3) is 0 Å². The molecule has 1 saturated heterocycles. The van der Waals surface area contributed by atoms with E-state index in [-0.39, 0.29) is 0 Å². The Morgan fingerprint density at radius 3 is 2.50 bits per heavy atom. The molecule has 0 aliphatic carbocycles. The molecule has 2 heteroatoms. The van der Waals surface area contributed by atoms with Gasteiger partial charge in [-0.2, -0.15) is 0 Å². The second-order valence-electron chi connectivity index (χ2n) is 7.83. The predicted molar refractivity (Wildman–Crippen MR) is 89.9 cm³/mol. The number of nitrogens with zero attached hydrogens (tertiary/aromatic N) is 1. The van der Waals surface area contributed by atoms with Crippen LogP contribution >= 0.6 is 0 Å². The Morgan fingerprint density at radius 2 is 1.90 bits per heavy atom. The van der Waals surface area contributed by atoms with E-state index >= 15 is 0 Å². The molecule has 0 radical (unpaired) electrons. The summed E-state index contributed by atoms with van der Waals surface area (Å²) in [7, 11) is 0. The van der Waals surface area contributed by atoms with Gasteiger partial charge in [-0.15, -0.1) is 0 Å². The van der Waals surface area contributed by atoms with Crippen molar-refractivity contribution in [2.75, 3.05) is 26.2 Å². The molecule has 120 valence electrons. The van der Waals surface area contributed by atoms with Crippen LogP contribution in [0.4, 0.5) is 0 Å². The molecule has 1 aliphatic rings. The smallest absolute Gasteiger partial charge is 0.00161 e. The molecule has 1 aliphatic heterocycles. The summed E-state index contributed by atoms with van der Waals surface area (Å²) in [5.74, 6) is 1.77. The van der Waals surface area contributed by atoms with E-state index in [4.69, 9.17) is 5.73 Å². The van der Waals surface area contributed by atoms with E-state index in [0.717, 1.165) is 18.4 Å². The van der Waals surface area contributed by atoms with Crippen molar-refractivity contribution in [1.82, 2.24) is 4.90 Å². The van der Waals surface area contributed by atoms with Gasteiger partial charge in [0.15, 0.2) is 0 Å². The first-order valence-electron chi connectivity index (χ1n) is 8.89. The van der Waals surface area contributed by atoms with Crippen molar-refractivity contribution >= 4 is 0 Å². The summed E-state index contributed by atoms with van der Waals surface area (Å²) in [5, 5.41) is 0. The molecule has 2 N–H and O–H groups in total. The van der Waals surface area contributed by atoms with Crippen LogP contribution in [-0.2, 0) is 0 Å². The lowest BCUT2D eigenvalue weighted by molar-refractivity contribution is 0.194. The van der Waals surface area contributed by atoms with Crippen molar-refractivity contribution in [2.24, 2.45) is 23.0 Å². The average molecular weight is 283 g/mol. The molecule has 0 aromatic rings. The second-order valence-corrected chi connectivity index (χ2v) is 7.83. The van der Waals surface area contributed by atoms with Crippen molar-refractivity contribution in [3.8, 4) is 0 Å². The molecule has 1 rings (SSSR count). The molecule has 1 fully saturated rings. The van der Waals surface area contributed by atoms with E-state index in [0.29, 0.717) is 5.41 Å². The maximum atomic E-state index is 5.78. The first kappa shape index (κ1) is 18.0. The standard InChI is InChI=1S/C18H38N2/c1-5-16-8-6-13-20(15-11-16)14-7-9-17(10-12-19)18(2,3)4/h16-17H,5-15,19H2,1-4H3. The van der Waals surface area contributed by atoms with Gasteiger partial charge in [-0.25, -0.2) is 0 Å². The van der Waals surface area contributed by atoms with Crippen LogP contribution in [0.5, 0.6) is 0 Å². The Labute approximate surface area is 127 Å². The fraction of sp³-hybridized carbons (Fsp3) is 1.00. The monoisotopic (exact) mass is 282 g/mol. The zero-order chi connectivity index (χ0) is 15.0. The second kappa shape index (κ2) is 9.04. The summed E-state index contributed by atoms with van der Waals surface area (Å²) >= 11 is 0. The number of likely N-dealkylation sites (tertiary alicyclic amines) is 1. The van der Waals surface area contributed by atoms with Crippen LogP contribution < -0.4 is 5.73 Å². The van der Waals surface area contributed by atoms with Crippen molar-refractivity contribution in [2.45, 2.75) is 72.6 Å². The van der Waals surface area contributed by atoms with Gasteiger partial charge in [-0.1, -0.05) is 34.1 Å². The number of rotatable bonds is 7. The third-order valence-corrected chi connectivity index (χ3v) is 5.28. The first-order chi connectivity index (χ1) is 9.47. The van der Waals surface area contributed by atoms with Gasteiger partial charge in [-0.05, 0) is 82.0 Å². The lowest BCUT2D eigenvalue weighted by Crippen LogP contribution is -2.28. The molecule has 2 nitrogen and oxygen atoms in total. The zero-order valence-electron chi connectivity index (χ0n) is 14.5. The minimum atomic E-state index is 0.408. The van der Waals surface area contributed by atoms with Crippen molar-refractivity contribution < 1.29 is 0 Å². The summed E-state index contributed by atoms with van der Waals surface area (Å²) in [6.07, 6.45) is 9.52. The highest BCUT2D eigenvalue weighted by molar-refractivity contribution is 4.76. The fourth-order valence-corrected chi connectivity index (χ4v) is 3.63. The van der Waals surface area contributed by atoms with Crippen LogP contribution in [0.1, 0.15) is 72.6 Å². The Bertz CT molecular complexity index is 244. The largest absolute Gasteiger partial charge is 0.330 e. The Balaban J connectivity index is 2.28. The minimum absolute atomic E-state index is 0.408. The minimum Gasteiger partial charge on any atom is -0.330 e. The van der Waals surface area contributed by atoms with Crippen molar-refractivity contribution in [3.63, 3.8) is 0 Å². The van der Waals surface area contributed by atoms with Crippen LogP contribution in [0.15, 0.2) is 0 Å². The highest BCUT2D eigenvalue weighted by Gasteiger charge is 2.23. The topological polar surface area (TPSA) is 29.3 Å². The molecule has 0 bridgehead atoms. The highest BCUT2D eigenvalue weighted by Crippen LogP contribution is 2.32. The van der Waals surface area contributed by atoms with Gasteiger partial charge in [-0.3, -0.25) is 0 Å². The van der Waals surface area contributed by atoms with Crippen LogP contribution in [0.3, 0.4) is 0 Å². The van der Waals surface area contributed by atoms with Gasteiger partial charge in [0.1, 0.15) is 0 Å². The SMILES string of the molecule is CCC1CCCN(CCCC(CCN)C(C)(C)C)CC1. The third kappa shape index (κ3) is 6.58. The van der Waals surface area contributed by atoms with Gasteiger partial charge < -0.3 is 10.6 Å². The Kier molecular flexibility index (Phi) is 8.13. The molecular weight excluding hydrogens is 244 g/mol. The zero-order valence-corrected chi connectivity index (χ0v) is 14.5. The number of hydrogen-bond acceptors (Lipinski definition) is 2. The normalized spacial score (nSPS) is 23.6. The van der Waals surface area contributed by atoms with Crippen LogP contribution in [0.2, 0.25) is 0 Å². The van der Waals surface area contributed by atoms with Gasteiger partial charge in [0.2, 0.25) is 0 Å². The molecule has 1 heterocycles. The molecule has 2 unspecified atom stereocenters. The van der Waals surface area contributed by atoms with Gasteiger partial charge in [0, 0.05) is 0 Å². The van der Waals surface area contributed by atoms with Crippen LogP contribution in [-0.4, -0.2) is 31.1 Å². The van der Waals surface area contributed by atoms with Crippen LogP contribution in [0.25, 0.3) is 0 Å². The van der Waals surface area contributed by atoms with E-state index in [2.05, 4.69) is 32.6 Å². The summed E-state index contributed by atoms with van der Waals surface area (Å²) in [5.41, 5.74) is 6.19. The summed E-state index contributed by atoms with van der Waals surface area (Å²) in [4.78, 5) is 2.71. The van der Waals surface area contributed by atoms with E-state index in [1.165, 1.54) is 64.6 Å². The number of nitrogens with two attached hydrogens (primary N) is 1. The number of hydrogen-bond donors (Lipinski definition) is 1. The Morgan fingerprint density at radius 1 is 1.15 bits per heavy atom. The molecular formula is C18H38N2.